The van der Waals surface area contributed by atoms with Crippen LogP contribution < -0.4 is 5.73 Å². The summed E-state index contributed by atoms with van der Waals surface area (Å²) in [5.41, 5.74) is 8.83. The summed E-state index contributed by atoms with van der Waals surface area (Å²) in [5, 5.41) is 0. The van der Waals surface area contributed by atoms with E-state index in [0.29, 0.717) is 6.04 Å². The summed E-state index contributed by atoms with van der Waals surface area (Å²) in [6.07, 6.45) is 2.38. The minimum Gasteiger partial charge on any atom is -0.329 e. The van der Waals surface area contributed by atoms with E-state index in [2.05, 4.69) is 36.1 Å². The number of rotatable bonds is 3. The van der Waals surface area contributed by atoms with E-state index in [9.17, 15) is 0 Å². The SMILES string of the molecule is CCCN1CCc2ccccc2C1CN. The van der Waals surface area contributed by atoms with Gasteiger partial charge >= 0.3 is 0 Å². The van der Waals surface area contributed by atoms with E-state index in [4.69, 9.17) is 5.73 Å². The van der Waals surface area contributed by atoms with Crippen LogP contribution in [0.2, 0.25) is 0 Å². The van der Waals surface area contributed by atoms with Crippen molar-refractivity contribution in [3.63, 3.8) is 0 Å². The summed E-state index contributed by atoms with van der Waals surface area (Å²) in [6.45, 7) is 5.29. The zero-order valence-electron chi connectivity index (χ0n) is 9.45. The van der Waals surface area contributed by atoms with E-state index in [1.165, 1.54) is 24.0 Å². The molecule has 1 heterocycles. The molecule has 1 aliphatic rings. The maximum atomic E-state index is 5.90. The van der Waals surface area contributed by atoms with Crippen molar-refractivity contribution in [3.05, 3.63) is 35.4 Å². The molecule has 82 valence electrons. The smallest absolute Gasteiger partial charge is 0.0473 e. The zero-order valence-corrected chi connectivity index (χ0v) is 9.45. The summed E-state index contributed by atoms with van der Waals surface area (Å²) in [6, 6.07) is 9.16. The van der Waals surface area contributed by atoms with Gasteiger partial charge in [-0.25, -0.2) is 0 Å². The minimum atomic E-state index is 0.440. The van der Waals surface area contributed by atoms with Gasteiger partial charge in [0.25, 0.3) is 0 Å². The summed E-state index contributed by atoms with van der Waals surface area (Å²) in [4.78, 5) is 2.52. The molecular weight excluding hydrogens is 184 g/mol. The predicted molar refractivity (Wildman–Crippen MR) is 63.8 cm³/mol. The third-order valence-corrected chi connectivity index (χ3v) is 3.26. The number of hydrogen-bond acceptors (Lipinski definition) is 2. The van der Waals surface area contributed by atoms with Crippen LogP contribution in [0.4, 0.5) is 0 Å². The summed E-state index contributed by atoms with van der Waals surface area (Å²) >= 11 is 0. The number of benzene rings is 1. The number of nitrogens with zero attached hydrogens (tertiary/aromatic N) is 1. The van der Waals surface area contributed by atoms with E-state index in [-0.39, 0.29) is 0 Å². The van der Waals surface area contributed by atoms with Crippen molar-refractivity contribution in [2.75, 3.05) is 19.6 Å². The van der Waals surface area contributed by atoms with Crippen molar-refractivity contribution >= 4 is 0 Å². The summed E-state index contributed by atoms with van der Waals surface area (Å²) in [5.74, 6) is 0. The Balaban J connectivity index is 2.26. The van der Waals surface area contributed by atoms with E-state index < -0.39 is 0 Å². The molecule has 0 aliphatic carbocycles. The Hall–Kier alpha value is -0.860. The average molecular weight is 204 g/mol. The molecule has 0 amide bonds. The van der Waals surface area contributed by atoms with Crippen molar-refractivity contribution in [1.29, 1.82) is 0 Å². The first-order valence-corrected chi connectivity index (χ1v) is 5.88. The molecule has 2 rings (SSSR count). The second-order valence-corrected chi connectivity index (χ2v) is 4.24. The molecule has 1 unspecified atom stereocenters. The van der Waals surface area contributed by atoms with E-state index in [0.717, 1.165) is 19.6 Å². The second kappa shape index (κ2) is 4.77. The molecule has 2 N–H and O–H groups in total. The Morgan fingerprint density at radius 1 is 1.40 bits per heavy atom. The Bertz CT molecular complexity index is 322. The fraction of sp³-hybridized carbons (Fsp3) is 0.538. The van der Waals surface area contributed by atoms with Crippen LogP contribution in [-0.4, -0.2) is 24.5 Å². The van der Waals surface area contributed by atoms with Crippen LogP contribution in [0.1, 0.15) is 30.5 Å². The molecule has 2 nitrogen and oxygen atoms in total. The molecule has 0 saturated heterocycles. The van der Waals surface area contributed by atoms with Gasteiger partial charge in [-0.3, -0.25) is 4.90 Å². The Labute approximate surface area is 92.1 Å². The summed E-state index contributed by atoms with van der Waals surface area (Å²) in [7, 11) is 0. The Kier molecular flexibility index (Phi) is 3.39. The lowest BCUT2D eigenvalue weighted by Gasteiger charge is -2.36. The third kappa shape index (κ3) is 2.06. The standard InChI is InChI=1S/C13H20N2/c1-2-8-15-9-7-11-5-3-4-6-12(11)13(15)10-14/h3-6,13H,2,7-10,14H2,1H3. The van der Waals surface area contributed by atoms with Gasteiger partial charge in [-0.15, -0.1) is 0 Å². The fourth-order valence-corrected chi connectivity index (χ4v) is 2.53. The lowest BCUT2D eigenvalue weighted by molar-refractivity contribution is 0.190. The maximum Gasteiger partial charge on any atom is 0.0473 e. The normalized spacial score (nSPS) is 21.3. The van der Waals surface area contributed by atoms with Crippen LogP contribution in [-0.2, 0) is 6.42 Å². The Morgan fingerprint density at radius 2 is 2.20 bits per heavy atom. The monoisotopic (exact) mass is 204 g/mol. The van der Waals surface area contributed by atoms with Crippen molar-refractivity contribution in [3.8, 4) is 0 Å². The molecule has 0 aromatic heterocycles. The largest absolute Gasteiger partial charge is 0.329 e. The van der Waals surface area contributed by atoms with Gasteiger partial charge in [0, 0.05) is 19.1 Å². The van der Waals surface area contributed by atoms with E-state index in [1.54, 1.807) is 0 Å². The molecule has 0 radical (unpaired) electrons. The molecule has 1 atom stereocenters. The molecule has 1 aromatic carbocycles. The number of hydrogen-bond donors (Lipinski definition) is 1. The maximum absolute atomic E-state index is 5.90. The van der Waals surface area contributed by atoms with Gasteiger partial charge in [0.1, 0.15) is 0 Å². The van der Waals surface area contributed by atoms with Crippen molar-refractivity contribution < 1.29 is 0 Å². The first-order valence-electron chi connectivity index (χ1n) is 5.88. The second-order valence-electron chi connectivity index (χ2n) is 4.24. The zero-order chi connectivity index (χ0) is 10.7. The average Bonchev–Trinajstić information content (AvgIpc) is 2.29. The van der Waals surface area contributed by atoms with Crippen molar-refractivity contribution in [1.82, 2.24) is 4.90 Å². The van der Waals surface area contributed by atoms with Crippen LogP contribution >= 0.6 is 0 Å². The highest BCUT2D eigenvalue weighted by Crippen LogP contribution is 2.28. The Morgan fingerprint density at radius 3 is 2.93 bits per heavy atom. The van der Waals surface area contributed by atoms with Crippen LogP contribution in [0.3, 0.4) is 0 Å². The highest BCUT2D eigenvalue weighted by atomic mass is 15.2. The van der Waals surface area contributed by atoms with Crippen LogP contribution in [0.25, 0.3) is 0 Å². The van der Waals surface area contributed by atoms with Crippen molar-refractivity contribution in [2.24, 2.45) is 5.73 Å². The topological polar surface area (TPSA) is 29.3 Å². The van der Waals surface area contributed by atoms with Gasteiger partial charge in [0.2, 0.25) is 0 Å². The van der Waals surface area contributed by atoms with Crippen LogP contribution in [0.15, 0.2) is 24.3 Å². The van der Waals surface area contributed by atoms with Crippen LogP contribution in [0, 0.1) is 0 Å². The molecule has 15 heavy (non-hydrogen) atoms. The lowest BCUT2D eigenvalue weighted by Crippen LogP contribution is -2.39. The fourth-order valence-electron chi connectivity index (χ4n) is 2.53. The summed E-state index contributed by atoms with van der Waals surface area (Å²) < 4.78 is 0. The molecule has 0 saturated carbocycles. The quantitative estimate of drug-likeness (QED) is 0.815. The predicted octanol–water partition coefficient (Wildman–Crippen LogP) is 1.95. The molecule has 0 spiro atoms. The molecule has 2 heteroatoms. The molecule has 0 fully saturated rings. The third-order valence-electron chi connectivity index (χ3n) is 3.26. The molecule has 1 aliphatic heterocycles. The van der Waals surface area contributed by atoms with E-state index in [1.807, 2.05) is 0 Å². The first kappa shape index (κ1) is 10.7. The number of nitrogens with two attached hydrogens (primary N) is 1. The minimum absolute atomic E-state index is 0.440. The van der Waals surface area contributed by atoms with Gasteiger partial charge in [-0.1, -0.05) is 31.2 Å². The molecule has 1 aromatic rings. The van der Waals surface area contributed by atoms with E-state index >= 15 is 0 Å². The van der Waals surface area contributed by atoms with Gasteiger partial charge in [0.15, 0.2) is 0 Å². The number of fused-ring (bicyclic) bond motifs is 1. The highest BCUT2D eigenvalue weighted by molar-refractivity contribution is 5.32. The van der Waals surface area contributed by atoms with Gasteiger partial charge < -0.3 is 5.73 Å². The molecule has 0 bridgehead atoms. The first-order chi connectivity index (χ1) is 7.36. The van der Waals surface area contributed by atoms with Gasteiger partial charge in [0.05, 0.1) is 0 Å². The van der Waals surface area contributed by atoms with Crippen LogP contribution in [0.5, 0.6) is 0 Å². The lowest BCUT2D eigenvalue weighted by atomic mass is 9.92. The molecular formula is C13H20N2. The van der Waals surface area contributed by atoms with Gasteiger partial charge in [-0.2, -0.15) is 0 Å². The highest BCUT2D eigenvalue weighted by Gasteiger charge is 2.24. The van der Waals surface area contributed by atoms with Crippen molar-refractivity contribution in [2.45, 2.75) is 25.8 Å². The van der Waals surface area contributed by atoms with Gasteiger partial charge in [-0.05, 0) is 30.5 Å².